The molecule has 0 aromatic heterocycles. The monoisotopic (exact) mass is 452 g/mol. The topological polar surface area (TPSA) is 58.9 Å². The number of hydrogen-bond donors (Lipinski definition) is 2. The van der Waals surface area contributed by atoms with Crippen LogP contribution in [-0.2, 0) is 0 Å². The molecule has 0 aliphatic carbocycles. The van der Waals surface area contributed by atoms with Gasteiger partial charge in [-0.3, -0.25) is 0 Å². The molecule has 0 heterocycles. The van der Waals surface area contributed by atoms with E-state index in [-0.39, 0.29) is 5.92 Å². The highest BCUT2D eigenvalue weighted by Crippen LogP contribution is 2.40. The van der Waals surface area contributed by atoms with Crippen LogP contribution in [0.25, 0.3) is 0 Å². The number of rotatable bonds is 13. The summed E-state index contributed by atoms with van der Waals surface area (Å²) in [5.74, 6) is 1.45. The third-order valence-electron chi connectivity index (χ3n) is 5.74. The van der Waals surface area contributed by atoms with Gasteiger partial charge in [0.1, 0.15) is 24.7 Å². The van der Waals surface area contributed by atoms with Crippen molar-refractivity contribution in [2.75, 3.05) is 13.2 Å². The number of aliphatic hydroxyl groups excluding tert-OH is 2. The molecular weight excluding hydrogens is 412 g/mol. The molecular formula is C29H40O4. The molecule has 2 aromatic rings. The Kier molecular flexibility index (Phi) is 10.2. The molecule has 4 heteroatoms. The third-order valence-corrected chi connectivity index (χ3v) is 5.74. The normalized spacial score (nSPS) is 13.8. The lowest BCUT2D eigenvalue weighted by atomic mass is 9.81. The molecule has 2 rings (SSSR count). The van der Waals surface area contributed by atoms with Crippen LogP contribution >= 0.6 is 0 Å². The predicted octanol–water partition coefficient (Wildman–Crippen LogP) is 7.03. The highest BCUT2D eigenvalue weighted by Gasteiger charge is 2.24. The molecule has 0 radical (unpaired) electrons. The van der Waals surface area contributed by atoms with Crippen molar-refractivity contribution in [3.05, 3.63) is 83.0 Å². The van der Waals surface area contributed by atoms with E-state index in [9.17, 15) is 10.2 Å². The first-order valence-electron chi connectivity index (χ1n) is 11.9. The van der Waals surface area contributed by atoms with Crippen LogP contribution in [0.1, 0.15) is 94.3 Å². The molecule has 2 aromatic carbocycles. The van der Waals surface area contributed by atoms with Gasteiger partial charge in [0.2, 0.25) is 0 Å². The number of hydrogen-bond acceptors (Lipinski definition) is 4. The summed E-state index contributed by atoms with van der Waals surface area (Å²) in [5.41, 5.74) is 5.71. The summed E-state index contributed by atoms with van der Waals surface area (Å²) >= 11 is 0. The fourth-order valence-corrected chi connectivity index (χ4v) is 3.96. The molecule has 0 fully saturated rings. The Hall–Kier alpha value is -2.56. The summed E-state index contributed by atoms with van der Waals surface area (Å²) in [6.45, 7) is 18.6. The van der Waals surface area contributed by atoms with E-state index in [0.29, 0.717) is 26.1 Å². The maximum atomic E-state index is 10.8. The standard InChI is InChI=1S/C29H40O4/c1-8-23(24-13-11-21(32-17-19(4)5)15-26(24)28(30)9-2)25-14-12-22(33-18-20(6)7)16-27(25)29(31)10-3/h11-16,23,28-31H,4,6,8-10,17-18H2,1-3,5,7H3. The van der Waals surface area contributed by atoms with Gasteiger partial charge in [-0.05, 0) is 90.8 Å². The van der Waals surface area contributed by atoms with E-state index >= 15 is 0 Å². The van der Waals surface area contributed by atoms with E-state index in [1.807, 2.05) is 64.1 Å². The highest BCUT2D eigenvalue weighted by molar-refractivity contribution is 5.48. The summed E-state index contributed by atoms with van der Waals surface area (Å²) in [5, 5.41) is 21.7. The van der Waals surface area contributed by atoms with Gasteiger partial charge in [-0.2, -0.15) is 0 Å². The molecule has 2 unspecified atom stereocenters. The largest absolute Gasteiger partial charge is 0.489 e. The molecule has 2 atom stereocenters. The minimum absolute atomic E-state index is 0.0165. The van der Waals surface area contributed by atoms with Crippen molar-refractivity contribution >= 4 is 0 Å². The smallest absolute Gasteiger partial charge is 0.120 e. The second-order valence-corrected chi connectivity index (χ2v) is 8.88. The molecule has 33 heavy (non-hydrogen) atoms. The molecule has 0 saturated carbocycles. The van der Waals surface area contributed by atoms with Gasteiger partial charge >= 0.3 is 0 Å². The summed E-state index contributed by atoms with van der Waals surface area (Å²) in [6, 6.07) is 11.9. The van der Waals surface area contributed by atoms with Crippen molar-refractivity contribution in [3.63, 3.8) is 0 Å². The van der Waals surface area contributed by atoms with Gasteiger partial charge in [-0.25, -0.2) is 0 Å². The molecule has 180 valence electrons. The van der Waals surface area contributed by atoms with Crippen LogP contribution in [0.4, 0.5) is 0 Å². The molecule has 2 N–H and O–H groups in total. The van der Waals surface area contributed by atoms with Gasteiger partial charge in [-0.1, -0.05) is 46.1 Å². The third kappa shape index (κ3) is 7.21. The summed E-state index contributed by atoms with van der Waals surface area (Å²) in [7, 11) is 0. The molecule has 0 aliphatic rings. The Morgan fingerprint density at radius 3 is 1.39 bits per heavy atom. The Morgan fingerprint density at radius 1 is 0.697 bits per heavy atom. The van der Waals surface area contributed by atoms with Gasteiger partial charge in [0.15, 0.2) is 0 Å². The van der Waals surface area contributed by atoms with E-state index in [2.05, 4.69) is 20.1 Å². The van der Waals surface area contributed by atoms with E-state index < -0.39 is 12.2 Å². The maximum Gasteiger partial charge on any atom is 0.120 e. The van der Waals surface area contributed by atoms with Crippen LogP contribution in [0.3, 0.4) is 0 Å². The number of aliphatic hydroxyl groups is 2. The van der Waals surface area contributed by atoms with E-state index in [1.54, 1.807) is 0 Å². The van der Waals surface area contributed by atoms with Crippen LogP contribution in [0.5, 0.6) is 11.5 Å². The summed E-state index contributed by atoms with van der Waals surface area (Å²) in [6.07, 6.45) is 0.835. The van der Waals surface area contributed by atoms with Gasteiger partial charge in [0, 0.05) is 5.92 Å². The lowest BCUT2D eigenvalue weighted by Crippen LogP contribution is -2.12. The zero-order valence-corrected chi connectivity index (χ0v) is 20.9. The lowest BCUT2D eigenvalue weighted by molar-refractivity contribution is 0.170. The van der Waals surface area contributed by atoms with Gasteiger partial charge in [-0.15, -0.1) is 0 Å². The predicted molar refractivity (Wildman–Crippen MR) is 136 cm³/mol. The second kappa shape index (κ2) is 12.6. The molecule has 4 nitrogen and oxygen atoms in total. The lowest BCUT2D eigenvalue weighted by Gasteiger charge is -2.26. The number of ether oxygens (including phenoxy) is 2. The Morgan fingerprint density at radius 2 is 1.09 bits per heavy atom. The average Bonchev–Trinajstić information content (AvgIpc) is 2.81. The highest BCUT2D eigenvalue weighted by atomic mass is 16.5. The minimum atomic E-state index is -0.597. The minimum Gasteiger partial charge on any atom is -0.489 e. The first-order chi connectivity index (χ1) is 15.7. The van der Waals surface area contributed by atoms with Crippen molar-refractivity contribution in [1.29, 1.82) is 0 Å². The zero-order chi connectivity index (χ0) is 24.5. The maximum absolute atomic E-state index is 10.8. The van der Waals surface area contributed by atoms with Crippen molar-refractivity contribution in [2.45, 2.75) is 72.0 Å². The SMILES string of the molecule is C=C(C)COc1ccc(C(CC)c2ccc(OCC(=C)C)cc2C(O)CC)c(C(O)CC)c1. The Bertz CT molecular complexity index is 871. The van der Waals surface area contributed by atoms with Crippen molar-refractivity contribution in [2.24, 2.45) is 0 Å². The van der Waals surface area contributed by atoms with Crippen LogP contribution < -0.4 is 9.47 Å². The molecule has 0 amide bonds. The first-order valence-corrected chi connectivity index (χ1v) is 11.9. The van der Waals surface area contributed by atoms with E-state index in [0.717, 1.165) is 51.3 Å². The van der Waals surface area contributed by atoms with E-state index in [4.69, 9.17) is 9.47 Å². The Labute approximate surface area is 199 Å². The average molecular weight is 453 g/mol. The van der Waals surface area contributed by atoms with Crippen LogP contribution in [0.15, 0.2) is 60.7 Å². The van der Waals surface area contributed by atoms with Crippen molar-refractivity contribution in [3.8, 4) is 11.5 Å². The molecule has 0 spiro atoms. The fourth-order valence-electron chi connectivity index (χ4n) is 3.96. The number of benzene rings is 2. The van der Waals surface area contributed by atoms with E-state index in [1.165, 1.54) is 0 Å². The first kappa shape index (κ1) is 26.7. The van der Waals surface area contributed by atoms with Gasteiger partial charge in [0.25, 0.3) is 0 Å². The summed E-state index contributed by atoms with van der Waals surface area (Å²) in [4.78, 5) is 0. The quantitative estimate of drug-likeness (QED) is 0.320. The van der Waals surface area contributed by atoms with Crippen LogP contribution in [0, 0.1) is 0 Å². The summed E-state index contributed by atoms with van der Waals surface area (Å²) < 4.78 is 11.7. The molecule has 0 aliphatic heterocycles. The fraction of sp³-hybridized carbons (Fsp3) is 0.448. The van der Waals surface area contributed by atoms with Crippen molar-refractivity contribution < 1.29 is 19.7 Å². The van der Waals surface area contributed by atoms with Gasteiger partial charge < -0.3 is 19.7 Å². The van der Waals surface area contributed by atoms with Crippen LogP contribution in [-0.4, -0.2) is 23.4 Å². The van der Waals surface area contributed by atoms with Gasteiger partial charge in [0.05, 0.1) is 12.2 Å². The Balaban J connectivity index is 2.55. The zero-order valence-electron chi connectivity index (χ0n) is 20.9. The van der Waals surface area contributed by atoms with Crippen LogP contribution in [0.2, 0.25) is 0 Å². The van der Waals surface area contributed by atoms with Crippen molar-refractivity contribution in [1.82, 2.24) is 0 Å². The molecule has 0 bridgehead atoms. The molecule has 0 saturated heterocycles. The second-order valence-electron chi connectivity index (χ2n) is 8.88.